The molecular formula is C41H36N2. The van der Waals surface area contributed by atoms with Crippen LogP contribution in [0, 0.1) is 12.8 Å². The fourth-order valence-electron chi connectivity index (χ4n) is 7.00. The van der Waals surface area contributed by atoms with Crippen molar-refractivity contribution < 1.29 is 0 Å². The number of benzene rings is 4. The van der Waals surface area contributed by atoms with Crippen molar-refractivity contribution in [1.29, 1.82) is 0 Å². The lowest BCUT2D eigenvalue weighted by Crippen LogP contribution is -2.04. The van der Waals surface area contributed by atoms with Crippen molar-refractivity contribution in [3.05, 3.63) is 139 Å². The molecule has 43 heavy (non-hydrogen) atoms. The van der Waals surface area contributed by atoms with Gasteiger partial charge in [0.15, 0.2) is 0 Å². The zero-order valence-electron chi connectivity index (χ0n) is 25.1. The van der Waals surface area contributed by atoms with Gasteiger partial charge in [-0.15, -0.1) is 0 Å². The second-order valence-electron chi connectivity index (χ2n) is 11.8. The summed E-state index contributed by atoms with van der Waals surface area (Å²) in [6.07, 6.45) is 16.0. The molecule has 2 aromatic heterocycles. The summed E-state index contributed by atoms with van der Waals surface area (Å²) in [6.45, 7) is 6.65. The van der Waals surface area contributed by atoms with Crippen LogP contribution < -0.4 is 0 Å². The van der Waals surface area contributed by atoms with Crippen LogP contribution in [-0.4, -0.2) is 9.97 Å². The first kappa shape index (κ1) is 27.0. The number of hydrogen-bond acceptors (Lipinski definition) is 2. The smallest absolute Gasteiger partial charge is 0.0347 e. The van der Waals surface area contributed by atoms with E-state index in [0.29, 0.717) is 5.92 Å². The van der Waals surface area contributed by atoms with Gasteiger partial charge in [0.25, 0.3) is 0 Å². The van der Waals surface area contributed by atoms with Crippen LogP contribution in [0.2, 0.25) is 0 Å². The Morgan fingerprint density at radius 1 is 0.605 bits per heavy atom. The monoisotopic (exact) mass is 556 g/mol. The molecule has 0 spiro atoms. The molecule has 2 nitrogen and oxygen atoms in total. The molecule has 0 saturated carbocycles. The largest absolute Gasteiger partial charge is 0.264 e. The summed E-state index contributed by atoms with van der Waals surface area (Å²) >= 11 is 0. The van der Waals surface area contributed by atoms with Crippen molar-refractivity contribution in [2.75, 3.05) is 0 Å². The van der Waals surface area contributed by atoms with E-state index >= 15 is 0 Å². The molecule has 6 aromatic rings. The molecule has 0 radical (unpaired) electrons. The molecule has 0 bridgehead atoms. The third-order valence-corrected chi connectivity index (χ3v) is 9.03. The Kier molecular flexibility index (Phi) is 7.20. The molecule has 0 amide bonds. The van der Waals surface area contributed by atoms with Crippen molar-refractivity contribution in [2.45, 2.75) is 40.0 Å². The van der Waals surface area contributed by atoms with Crippen LogP contribution in [0.1, 0.15) is 44.2 Å². The van der Waals surface area contributed by atoms with E-state index in [1.165, 1.54) is 78.1 Å². The van der Waals surface area contributed by atoms with Crippen LogP contribution in [0.3, 0.4) is 0 Å². The van der Waals surface area contributed by atoms with Crippen LogP contribution in [0.25, 0.3) is 60.5 Å². The van der Waals surface area contributed by atoms with Crippen molar-refractivity contribution in [3.63, 3.8) is 0 Å². The van der Waals surface area contributed by atoms with Gasteiger partial charge in [-0.1, -0.05) is 91.9 Å². The SMILES string of the molecule is CCC1CCC=CC(C)=C1c1cncc(-c2c3ccccc3c(-c3ccc(-c4cncc(C)c4)cc3)c3ccccc23)c1. The number of aromatic nitrogens is 2. The lowest BCUT2D eigenvalue weighted by molar-refractivity contribution is 0.597. The summed E-state index contributed by atoms with van der Waals surface area (Å²) in [5, 5.41) is 5.01. The van der Waals surface area contributed by atoms with Gasteiger partial charge < -0.3 is 0 Å². The van der Waals surface area contributed by atoms with Gasteiger partial charge in [0.2, 0.25) is 0 Å². The van der Waals surface area contributed by atoms with Gasteiger partial charge in [-0.25, -0.2) is 0 Å². The van der Waals surface area contributed by atoms with Gasteiger partial charge in [0.05, 0.1) is 0 Å². The average molecular weight is 557 g/mol. The molecule has 1 aliphatic carbocycles. The first-order valence-electron chi connectivity index (χ1n) is 15.4. The summed E-state index contributed by atoms with van der Waals surface area (Å²) < 4.78 is 0. The molecule has 4 aromatic carbocycles. The number of rotatable bonds is 5. The fraction of sp³-hybridized carbons (Fsp3) is 0.171. The Morgan fingerprint density at radius 2 is 1.16 bits per heavy atom. The molecule has 1 unspecified atom stereocenters. The maximum Gasteiger partial charge on any atom is 0.0347 e. The predicted octanol–water partition coefficient (Wildman–Crippen LogP) is 11.2. The molecule has 0 aliphatic heterocycles. The minimum atomic E-state index is 0.543. The normalized spacial score (nSPS) is 15.3. The third kappa shape index (κ3) is 4.97. The highest BCUT2D eigenvalue weighted by Gasteiger charge is 2.21. The molecule has 0 N–H and O–H groups in total. The molecule has 0 fully saturated rings. The van der Waals surface area contributed by atoms with Crippen molar-refractivity contribution in [2.24, 2.45) is 5.92 Å². The van der Waals surface area contributed by atoms with Gasteiger partial charge in [0.1, 0.15) is 0 Å². The summed E-state index contributed by atoms with van der Waals surface area (Å²) in [4.78, 5) is 9.25. The van der Waals surface area contributed by atoms with Crippen LogP contribution in [0.4, 0.5) is 0 Å². The van der Waals surface area contributed by atoms with Gasteiger partial charge >= 0.3 is 0 Å². The van der Waals surface area contributed by atoms with Gasteiger partial charge in [-0.05, 0) is 117 Å². The molecule has 1 aliphatic rings. The van der Waals surface area contributed by atoms with Crippen molar-refractivity contribution in [3.8, 4) is 33.4 Å². The van der Waals surface area contributed by atoms with E-state index in [1.54, 1.807) is 0 Å². The maximum absolute atomic E-state index is 4.85. The van der Waals surface area contributed by atoms with Crippen molar-refractivity contribution >= 4 is 27.1 Å². The second-order valence-corrected chi connectivity index (χ2v) is 11.8. The predicted molar refractivity (Wildman–Crippen MR) is 183 cm³/mol. The van der Waals surface area contributed by atoms with E-state index in [0.717, 1.165) is 18.4 Å². The minimum Gasteiger partial charge on any atom is -0.264 e. The number of fused-ring (bicyclic) bond motifs is 2. The number of allylic oxidation sites excluding steroid dienone is 4. The summed E-state index contributed by atoms with van der Waals surface area (Å²) in [7, 11) is 0. The number of nitrogens with zero attached hydrogens (tertiary/aromatic N) is 2. The fourth-order valence-corrected chi connectivity index (χ4v) is 7.00. The Labute approximate surface area is 254 Å². The number of aryl methyl sites for hydroxylation is 1. The Bertz CT molecular complexity index is 1970. The highest BCUT2D eigenvalue weighted by molar-refractivity contribution is 6.21. The molecule has 7 rings (SSSR count). The third-order valence-electron chi connectivity index (χ3n) is 9.03. The van der Waals surface area contributed by atoms with Crippen molar-refractivity contribution in [1.82, 2.24) is 9.97 Å². The van der Waals surface area contributed by atoms with Gasteiger partial charge in [-0.2, -0.15) is 0 Å². The van der Waals surface area contributed by atoms with E-state index in [2.05, 4.69) is 129 Å². The van der Waals surface area contributed by atoms with Crippen LogP contribution in [-0.2, 0) is 0 Å². The summed E-state index contributed by atoms with van der Waals surface area (Å²) in [5.74, 6) is 0.543. The Morgan fingerprint density at radius 3 is 1.79 bits per heavy atom. The van der Waals surface area contributed by atoms with Gasteiger partial charge in [-0.3, -0.25) is 9.97 Å². The Balaban J connectivity index is 1.43. The first-order chi connectivity index (χ1) is 21.1. The van der Waals surface area contributed by atoms with E-state index in [-0.39, 0.29) is 0 Å². The van der Waals surface area contributed by atoms with Crippen LogP contribution >= 0.6 is 0 Å². The quantitative estimate of drug-likeness (QED) is 0.197. The van der Waals surface area contributed by atoms with E-state index in [9.17, 15) is 0 Å². The van der Waals surface area contributed by atoms with E-state index < -0.39 is 0 Å². The molecular weight excluding hydrogens is 520 g/mol. The highest BCUT2D eigenvalue weighted by Crippen LogP contribution is 2.44. The molecule has 0 saturated heterocycles. The summed E-state index contributed by atoms with van der Waals surface area (Å²) in [6, 6.07) is 31.2. The summed E-state index contributed by atoms with van der Waals surface area (Å²) in [5.41, 5.74) is 12.4. The van der Waals surface area contributed by atoms with E-state index in [1.807, 2.05) is 18.6 Å². The first-order valence-corrected chi connectivity index (χ1v) is 15.4. The minimum absolute atomic E-state index is 0.543. The van der Waals surface area contributed by atoms with E-state index in [4.69, 9.17) is 4.98 Å². The molecule has 2 heteroatoms. The zero-order valence-corrected chi connectivity index (χ0v) is 25.1. The second kappa shape index (κ2) is 11.5. The lowest BCUT2D eigenvalue weighted by atomic mass is 9.83. The van der Waals surface area contributed by atoms with Crippen LogP contribution in [0.5, 0.6) is 0 Å². The Hall–Kier alpha value is -4.82. The molecule has 1 atom stereocenters. The zero-order chi connectivity index (χ0) is 29.3. The standard InChI is InChI=1S/C41H36N2/c1-4-29-12-6-5-11-28(3)39(29)33-22-34(26-43-25-33)41-37-15-9-7-13-35(37)40(36-14-8-10-16-38(36)41)31-19-17-30(18-20-31)32-21-27(2)23-42-24-32/h5,7-11,13-26,29H,4,6,12H2,1-3H3. The molecule has 2 heterocycles. The molecule has 210 valence electrons. The number of hydrogen-bond donors (Lipinski definition) is 0. The van der Waals surface area contributed by atoms with Gasteiger partial charge in [0, 0.05) is 35.9 Å². The lowest BCUT2D eigenvalue weighted by Gasteiger charge is -2.21. The highest BCUT2D eigenvalue weighted by atomic mass is 14.6. The average Bonchev–Trinajstić information content (AvgIpc) is 3.24. The maximum atomic E-state index is 4.85. The van der Waals surface area contributed by atoms with Crippen LogP contribution in [0.15, 0.2) is 127 Å². The number of pyridine rings is 2. The topological polar surface area (TPSA) is 25.8 Å².